The van der Waals surface area contributed by atoms with E-state index in [4.69, 9.17) is 4.42 Å². The van der Waals surface area contributed by atoms with Crippen molar-refractivity contribution in [2.75, 3.05) is 19.3 Å². The van der Waals surface area contributed by atoms with Crippen LogP contribution >= 0.6 is 0 Å². The van der Waals surface area contributed by atoms with Gasteiger partial charge in [-0.05, 0) is 37.1 Å². The molecule has 1 aromatic heterocycles. The van der Waals surface area contributed by atoms with E-state index in [0.29, 0.717) is 25.1 Å². The van der Waals surface area contributed by atoms with Gasteiger partial charge >= 0.3 is 0 Å². The molecule has 7 nitrogen and oxygen atoms in total. The molecule has 0 aromatic carbocycles. The Morgan fingerprint density at radius 1 is 1.55 bits per heavy atom. The fourth-order valence-electron chi connectivity index (χ4n) is 2.22. The Morgan fingerprint density at radius 2 is 2.36 bits per heavy atom. The van der Waals surface area contributed by atoms with E-state index in [2.05, 4.69) is 10.5 Å². The third-order valence-corrected chi connectivity index (χ3v) is 4.63. The zero-order valence-electron chi connectivity index (χ0n) is 12.3. The number of carbonyl (C=O) groups excluding carboxylic acids is 1. The van der Waals surface area contributed by atoms with Crippen LogP contribution < -0.4 is 5.43 Å². The Morgan fingerprint density at radius 3 is 3.05 bits per heavy atom. The van der Waals surface area contributed by atoms with E-state index in [1.807, 2.05) is 0 Å². The first-order chi connectivity index (χ1) is 10.5. The first-order valence-electron chi connectivity index (χ1n) is 6.95. The van der Waals surface area contributed by atoms with Gasteiger partial charge < -0.3 is 4.42 Å². The van der Waals surface area contributed by atoms with Crippen LogP contribution in [0, 0.1) is 5.92 Å². The summed E-state index contributed by atoms with van der Waals surface area (Å²) in [6.45, 7) is 0.681. The molecule has 1 atom stereocenters. The van der Waals surface area contributed by atoms with Gasteiger partial charge in [0.25, 0.3) is 0 Å². The minimum absolute atomic E-state index is 0.211. The highest BCUT2D eigenvalue weighted by Gasteiger charge is 2.29. The Hall–Kier alpha value is -1.93. The quantitative estimate of drug-likeness (QED) is 0.647. The van der Waals surface area contributed by atoms with Crippen molar-refractivity contribution in [3.05, 3.63) is 30.2 Å². The molecule has 1 aliphatic rings. The number of nitrogens with one attached hydrogen (secondary N) is 1. The number of rotatable bonds is 5. The van der Waals surface area contributed by atoms with Crippen LogP contribution in [0.4, 0.5) is 0 Å². The lowest BCUT2D eigenvalue weighted by molar-refractivity contribution is -0.126. The van der Waals surface area contributed by atoms with Gasteiger partial charge in [0.2, 0.25) is 15.9 Å². The van der Waals surface area contributed by atoms with Crippen LogP contribution in [0.25, 0.3) is 6.08 Å². The molecule has 1 saturated heterocycles. The highest BCUT2D eigenvalue weighted by molar-refractivity contribution is 7.88. The fraction of sp³-hybridized carbons (Fsp3) is 0.429. The average molecular weight is 325 g/mol. The summed E-state index contributed by atoms with van der Waals surface area (Å²) in [6, 6.07) is 3.57. The third-order valence-electron chi connectivity index (χ3n) is 3.36. The summed E-state index contributed by atoms with van der Waals surface area (Å²) < 4.78 is 29.5. The molecule has 2 heterocycles. The third kappa shape index (κ3) is 4.81. The van der Waals surface area contributed by atoms with Crippen molar-refractivity contribution in [3.63, 3.8) is 0 Å². The monoisotopic (exact) mass is 325 g/mol. The molecule has 0 aliphatic carbocycles. The van der Waals surface area contributed by atoms with Crippen LogP contribution in [0.3, 0.4) is 0 Å². The summed E-state index contributed by atoms with van der Waals surface area (Å²) in [5.41, 5.74) is 2.43. The van der Waals surface area contributed by atoms with Gasteiger partial charge in [-0.2, -0.15) is 5.10 Å². The molecule has 0 saturated carbocycles. The van der Waals surface area contributed by atoms with Gasteiger partial charge in [-0.3, -0.25) is 4.79 Å². The molecule has 2 rings (SSSR count). The van der Waals surface area contributed by atoms with Crippen LogP contribution in [0.2, 0.25) is 0 Å². The van der Waals surface area contributed by atoms with E-state index >= 15 is 0 Å². The van der Waals surface area contributed by atoms with Crippen molar-refractivity contribution >= 4 is 28.2 Å². The summed E-state index contributed by atoms with van der Waals surface area (Å²) in [5.74, 6) is 0.0551. The molecule has 1 aliphatic heterocycles. The normalized spacial score (nSPS) is 20.7. The van der Waals surface area contributed by atoms with Crippen LogP contribution in [0.15, 0.2) is 34.0 Å². The average Bonchev–Trinajstić information content (AvgIpc) is 2.99. The fourth-order valence-corrected chi connectivity index (χ4v) is 3.13. The second-order valence-electron chi connectivity index (χ2n) is 5.09. The number of hydrogen-bond acceptors (Lipinski definition) is 5. The zero-order valence-corrected chi connectivity index (χ0v) is 13.1. The molecule has 1 amide bonds. The molecule has 22 heavy (non-hydrogen) atoms. The van der Waals surface area contributed by atoms with Crippen LogP contribution in [-0.4, -0.2) is 44.2 Å². The van der Waals surface area contributed by atoms with E-state index in [9.17, 15) is 13.2 Å². The van der Waals surface area contributed by atoms with Crippen molar-refractivity contribution < 1.29 is 17.6 Å². The van der Waals surface area contributed by atoms with Gasteiger partial charge in [-0.15, -0.1) is 0 Å². The molecule has 0 bridgehead atoms. The highest BCUT2D eigenvalue weighted by Crippen LogP contribution is 2.18. The van der Waals surface area contributed by atoms with E-state index < -0.39 is 10.0 Å². The molecule has 1 N–H and O–H groups in total. The zero-order chi connectivity index (χ0) is 16.0. The maximum Gasteiger partial charge on any atom is 0.244 e. The molecular formula is C14H19N3O4S. The van der Waals surface area contributed by atoms with Gasteiger partial charge in [0.15, 0.2) is 0 Å². The smallest absolute Gasteiger partial charge is 0.244 e. The Balaban J connectivity index is 1.81. The predicted octanol–water partition coefficient (Wildman–Crippen LogP) is 1.07. The van der Waals surface area contributed by atoms with Gasteiger partial charge in [0, 0.05) is 19.3 Å². The Bertz CT molecular complexity index is 650. The number of amides is 1. The number of carbonyl (C=O) groups is 1. The van der Waals surface area contributed by atoms with E-state index in [-0.39, 0.29) is 18.4 Å². The summed E-state index contributed by atoms with van der Waals surface area (Å²) in [6.07, 6.45) is 8.85. The highest BCUT2D eigenvalue weighted by atomic mass is 32.2. The standard InChI is InChI=1S/C14H19N3O4S/c1-22(19,20)17-9-3-5-12(11-17)14(18)16-15-8-2-6-13-7-4-10-21-13/h2,4,6-8,10,12H,3,5,9,11H2,1H3,(H,16,18). The number of hydrazone groups is 1. The molecule has 1 aromatic rings. The minimum atomic E-state index is -3.25. The molecule has 1 fully saturated rings. The number of furan rings is 1. The van der Waals surface area contributed by atoms with Crippen molar-refractivity contribution in [1.29, 1.82) is 0 Å². The summed E-state index contributed by atoms with van der Waals surface area (Å²) in [5, 5.41) is 3.81. The number of nitrogens with zero attached hydrogens (tertiary/aromatic N) is 2. The maximum atomic E-state index is 12.0. The first kappa shape index (κ1) is 16.4. The molecule has 120 valence electrons. The van der Waals surface area contributed by atoms with E-state index in [0.717, 1.165) is 6.26 Å². The molecule has 1 unspecified atom stereocenters. The lowest BCUT2D eigenvalue weighted by atomic mass is 9.99. The number of sulfonamides is 1. The Kier molecular flexibility index (Phi) is 5.51. The van der Waals surface area contributed by atoms with Crippen LogP contribution in [0.1, 0.15) is 18.6 Å². The van der Waals surface area contributed by atoms with Gasteiger partial charge in [-0.25, -0.2) is 18.1 Å². The summed E-state index contributed by atoms with van der Waals surface area (Å²) >= 11 is 0. The second-order valence-corrected chi connectivity index (χ2v) is 7.07. The number of hydrogen-bond donors (Lipinski definition) is 1. The van der Waals surface area contributed by atoms with Gasteiger partial charge in [-0.1, -0.05) is 0 Å². The van der Waals surface area contributed by atoms with Crippen molar-refractivity contribution in [3.8, 4) is 0 Å². The second kappa shape index (κ2) is 7.37. The summed E-state index contributed by atoms with van der Waals surface area (Å²) in [4.78, 5) is 12.0. The Labute approximate surface area is 129 Å². The minimum Gasteiger partial charge on any atom is -0.465 e. The lowest BCUT2D eigenvalue weighted by Crippen LogP contribution is -2.44. The van der Waals surface area contributed by atoms with Gasteiger partial charge in [0.05, 0.1) is 18.4 Å². The lowest BCUT2D eigenvalue weighted by Gasteiger charge is -2.29. The number of allylic oxidation sites excluding steroid dienone is 1. The largest absolute Gasteiger partial charge is 0.465 e. The van der Waals surface area contributed by atoms with E-state index in [1.54, 1.807) is 30.5 Å². The molecule has 0 radical (unpaired) electrons. The molecule has 8 heteroatoms. The van der Waals surface area contributed by atoms with Gasteiger partial charge in [0.1, 0.15) is 5.76 Å². The molecule has 0 spiro atoms. The topological polar surface area (TPSA) is 92.0 Å². The predicted molar refractivity (Wildman–Crippen MR) is 83.5 cm³/mol. The number of piperidine rings is 1. The van der Waals surface area contributed by atoms with Crippen molar-refractivity contribution in [2.24, 2.45) is 11.0 Å². The van der Waals surface area contributed by atoms with E-state index in [1.165, 1.54) is 10.5 Å². The first-order valence-corrected chi connectivity index (χ1v) is 8.80. The van der Waals surface area contributed by atoms with Crippen molar-refractivity contribution in [1.82, 2.24) is 9.73 Å². The maximum absolute atomic E-state index is 12.0. The summed E-state index contributed by atoms with van der Waals surface area (Å²) in [7, 11) is -3.25. The van der Waals surface area contributed by atoms with Crippen LogP contribution in [-0.2, 0) is 14.8 Å². The van der Waals surface area contributed by atoms with Crippen molar-refractivity contribution in [2.45, 2.75) is 12.8 Å². The molecular weight excluding hydrogens is 306 g/mol. The van der Waals surface area contributed by atoms with Crippen LogP contribution in [0.5, 0.6) is 0 Å². The SMILES string of the molecule is CS(=O)(=O)N1CCCC(C(=O)NN=CC=Cc2ccco2)C1.